The smallest absolute Gasteiger partial charge is 0.312 e. The molecule has 0 spiro atoms. The van der Waals surface area contributed by atoms with Gasteiger partial charge in [-0.2, -0.15) is 0 Å². The number of fused-ring (bicyclic) bond motifs is 3. The number of aryl methyl sites for hydroxylation is 1. The molecule has 126 valence electrons. The Bertz CT molecular complexity index is 636. The molecule has 23 heavy (non-hydrogen) atoms. The van der Waals surface area contributed by atoms with Crippen LogP contribution in [0.1, 0.15) is 69.6 Å². The molecule has 0 radical (unpaired) electrons. The topological polar surface area (TPSA) is 57.5 Å². The summed E-state index contributed by atoms with van der Waals surface area (Å²) in [7, 11) is 0. The van der Waals surface area contributed by atoms with Crippen molar-refractivity contribution in [3.63, 3.8) is 0 Å². The second kappa shape index (κ2) is 5.34. The number of aliphatic hydroxyl groups excluding tert-OH is 1. The van der Waals surface area contributed by atoms with Crippen LogP contribution in [0.2, 0.25) is 0 Å². The van der Waals surface area contributed by atoms with Gasteiger partial charge in [0.1, 0.15) is 0 Å². The predicted octanol–water partition coefficient (Wildman–Crippen LogP) is 3.88. The van der Waals surface area contributed by atoms with E-state index in [0.717, 1.165) is 19.3 Å². The van der Waals surface area contributed by atoms with Crippen LogP contribution in [0, 0.1) is 11.3 Å². The van der Waals surface area contributed by atoms with Crippen molar-refractivity contribution < 1.29 is 15.0 Å². The summed E-state index contributed by atoms with van der Waals surface area (Å²) in [5, 5.41) is 20.3. The minimum atomic E-state index is -1.05. The SMILES string of the molecule is CC(C)c1ccc2c(c1)CC[C@@H]1[C@](C)(C(=O)O)[C@@H](O)CC[C@]21C. The maximum absolute atomic E-state index is 12.0. The van der Waals surface area contributed by atoms with Gasteiger partial charge in [0.15, 0.2) is 0 Å². The molecule has 2 aliphatic carbocycles. The largest absolute Gasteiger partial charge is 0.481 e. The van der Waals surface area contributed by atoms with E-state index < -0.39 is 17.5 Å². The first-order valence-electron chi connectivity index (χ1n) is 8.76. The Labute approximate surface area is 138 Å². The summed E-state index contributed by atoms with van der Waals surface area (Å²) in [4.78, 5) is 12.0. The molecule has 3 nitrogen and oxygen atoms in total. The van der Waals surface area contributed by atoms with Crippen molar-refractivity contribution in [2.24, 2.45) is 11.3 Å². The number of carboxylic acids is 1. The van der Waals surface area contributed by atoms with Gasteiger partial charge >= 0.3 is 5.97 Å². The highest BCUT2D eigenvalue weighted by molar-refractivity contribution is 5.76. The number of carboxylic acid groups (broad SMARTS) is 1. The van der Waals surface area contributed by atoms with E-state index in [9.17, 15) is 15.0 Å². The third-order valence-electron chi connectivity index (χ3n) is 6.70. The third-order valence-corrected chi connectivity index (χ3v) is 6.70. The lowest BCUT2D eigenvalue weighted by Gasteiger charge is -2.55. The average Bonchev–Trinajstić information content (AvgIpc) is 2.50. The Morgan fingerprint density at radius 3 is 2.57 bits per heavy atom. The molecule has 0 unspecified atom stereocenters. The normalized spacial score (nSPS) is 36.4. The van der Waals surface area contributed by atoms with E-state index in [1.165, 1.54) is 16.7 Å². The third kappa shape index (κ3) is 2.24. The average molecular weight is 316 g/mol. The molecule has 0 bridgehead atoms. The zero-order valence-corrected chi connectivity index (χ0v) is 14.6. The van der Waals surface area contributed by atoms with Gasteiger partial charge in [-0.1, -0.05) is 39.0 Å². The Balaban J connectivity index is 2.10. The van der Waals surface area contributed by atoms with Crippen molar-refractivity contribution in [3.8, 4) is 0 Å². The van der Waals surface area contributed by atoms with Gasteiger partial charge in [0.25, 0.3) is 0 Å². The number of hydrogen-bond acceptors (Lipinski definition) is 2. The molecule has 2 N–H and O–H groups in total. The summed E-state index contributed by atoms with van der Waals surface area (Å²) in [6.07, 6.45) is 2.41. The molecule has 1 aromatic carbocycles. The van der Waals surface area contributed by atoms with Crippen LogP contribution in [0.25, 0.3) is 0 Å². The highest BCUT2D eigenvalue weighted by Gasteiger charge is 2.59. The molecule has 0 aromatic heterocycles. The van der Waals surface area contributed by atoms with Crippen molar-refractivity contribution in [2.45, 2.75) is 70.8 Å². The van der Waals surface area contributed by atoms with E-state index in [1.807, 2.05) is 0 Å². The van der Waals surface area contributed by atoms with Gasteiger partial charge in [-0.25, -0.2) is 0 Å². The number of aliphatic hydroxyl groups is 1. The fourth-order valence-electron chi connectivity index (χ4n) is 5.07. The molecule has 1 fully saturated rings. The second-order valence-corrected chi connectivity index (χ2v) is 8.22. The monoisotopic (exact) mass is 316 g/mol. The summed E-state index contributed by atoms with van der Waals surface area (Å²) in [6.45, 7) is 8.36. The van der Waals surface area contributed by atoms with Crippen LogP contribution in [0.15, 0.2) is 18.2 Å². The molecular weight excluding hydrogens is 288 g/mol. The fourth-order valence-corrected chi connectivity index (χ4v) is 5.07. The van der Waals surface area contributed by atoms with Crippen LogP contribution in [-0.2, 0) is 16.6 Å². The summed E-state index contributed by atoms with van der Waals surface area (Å²) >= 11 is 0. The van der Waals surface area contributed by atoms with Gasteiger partial charge < -0.3 is 10.2 Å². The first-order valence-corrected chi connectivity index (χ1v) is 8.76. The molecule has 1 aromatic rings. The molecule has 0 saturated heterocycles. The molecule has 0 heterocycles. The number of hydrogen-bond donors (Lipinski definition) is 2. The molecule has 4 atom stereocenters. The number of benzene rings is 1. The Morgan fingerprint density at radius 2 is 1.96 bits per heavy atom. The lowest BCUT2D eigenvalue weighted by atomic mass is 9.49. The number of rotatable bonds is 2. The Morgan fingerprint density at radius 1 is 1.26 bits per heavy atom. The first-order chi connectivity index (χ1) is 10.7. The van der Waals surface area contributed by atoms with Crippen molar-refractivity contribution in [3.05, 3.63) is 34.9 Å². The highest BCUT2D eigenvalue weighted by Crippen LogP contribution is 2.57. The molecule has 3 rings (SSSR count). The highest BCUT2D eigenvalue weighted by atomic mass is 16.4. The number of carbonyl (C=O) groups is 1. The van der Waals surface area contributed by atoms with E-state index in [0.29, 0.717) is 12.3 Å². The lowest BCUT2D eigenvalue weighted by Crippen LogP contribution is -2.58. The fraction of sp³-hybridized carbons (Fsp3) is 0.650. The lowest BCUT2D eigenvalue weighted by molar-refractivity contribution is -0.171. The summed E-state index contributed by atoms with van der Waals surface area (Å²) in [5.74, 6) is -0.375. The van der Waals surface area contributed by atoms with Crippen LogP contribution in [0.5, 0.6) is 0 Å². The summed E-state index contributed by atoms with van der Waals surface area (Å²) in [5.41, 5.74) is 2.82. The molecule has 3 heteroatoms. The summed E-state index contributed by atoms with van der Waals surface area (Å²) in [6, 6.07) is 6.72. The molecule has 2 aliphatic rings. The zero-order valence-electron chi connectivity index (χ0n) is 14.6. The maximum atomic E-state index is 12.0. The maximum Gasteiger partial charge on any atom is 0.312 e. The van der Waals surface area contributed by atoms with Gasteiger partial charge in [0.05, 0.1) is 11.5 Å². The predicted molar refractivity (Wildman–Crippen MR) is 90.7 cm³/mol. The van der Waals surface area contributed by atoms with Crippen molar-refractivity contribution in [1.29, 1.82) is 0 Å². The summed E-state index contributed by atoms with van der Waals surface area (Å²) < 4.78 is 0. The van der Waals surface area contributed by atoms with Gasteiger partial charge in [0, 0.05) is 0 Å². The van der Waals surface area contributed by atoms with Gasteiger partial charge in [-0.05, 0) is 66.5 Å². The van der Waals surface area contributed by atoms with Crippen LogP contribution >= 0.6 is 0 Å². The van der Waals surface area contributed by atoms with Gasteiger partial charge in [-0.3, -0.25) is 4.79 Å². The van der Waals surface area contributed by atoms with Crippen molar-refractivity contribution in [2.75, 3.05) is 0 Å². The van der Waals surface area contributed by atoms with Crippen LogP contribution in [0.4, 0.5) is 0 Å². The van der Waals surface area contributed by atoms with Crippen molar-refractivity contribution >= 4 is 5.97 Å². The molecule has 0 amide bonds. The van der Waals surface area contributed by atoms with Crippen LogP contribution < -0.4 is 0 Å². The molecule has 1 saturated carbocycles. The van der Waals surface area contributed by atoms with E-state index >= 15 is 0 Å². The Kier molecular flexibility index (Phi) is 3.83. The van der Waals surface area contributed by atoms with E-state index in [-0.39, 0.29) is 11.3 Å². The van der Waals surface area contributed by atoms with Crippen LogP contribution in [0.3, 0.4) is 0 Å². The Hall–Kier alpha value is -1.35. The van der Waals surface area contributed by atoms with Crippen LogP contribution in [-0.4, -0.2) is 22.3 Å². The van der Waals surface area contributed by atoms with E-state index in [1.54, 1.807) is 6.92 Å². The second-order valence-electron chi connectivity index (χ2n) is 8.22. The first kappa shape index (κ1) is 16.5. The minimum Gasteiger partial charge on any atom is -0.481 e. The zero-order chi connectivity index (χ0) is 17.0. The van der Waals surface area contributed by atoms with Gasteiger partial charge in [0.2, 0.25) is 0 Å². The molecule has 0 aliphatic heterocycles. The molecular formula is C20H28O3. The van der Waals surface area contributed by atoms with E-state index in [2.05, 4.69) is 39.0 Å². The standard InChI is InChI=1S/C20H28O3/c1-12(2)13-5-7-15-14(11-13)6-8-16-19(15,3)10-9-17(21)20(16,4)18(22)23/h5,7,11-12,16-17,21H,6,8-10H2,1-4H3,(H,22,23)/t16-,17-,19+,20-/m0/s1. The van der Waals surface area contributed by atoms with E-state index in [4.69, 9.17) is 0 Å². The minimum absolute atomic E-state index is 0.0198. The van der Waals surface area contributed by atoms with Gasteiger partial charge in [-0.15, -0.1) is 0 Å². The number of aliphatic carboxylic acids is 1. The quantitative estimate of drug-likeness (QED) is 0.870. The van der Waals surface area contributed by atoms with Crippen molar-refractivity contribution in [1.82, 2.24) is 0 Å².